The third-order valence-electron chi connectivity index (χ3n) is 5.44. The van der Waals surface area contributed by atoms with Gasteiger partial charge in [-0.05, 0) is 44.0 Å². The molecule has 0 saturated carbocycles. The molecule has 1 atom stereocenters. The molecular weight excluding hydrogens is 513 g/mol. The second kappa shape index (κ2) is 15.3. The third kappa shape index (κ3) is 9.24. The van der Waals surface area contributed by atoms with Gasteiger partial charge >= 0.3 is 5.97 Å². The SMILES string of the molecule is CCCC[N+](CC)(CC)CC(O)COC(=O)/C=C/c1cc(OC)c(OC)c(OC)c1.[I-]. The first-order chi connectivity index (χ1) is 14.4. The van der Waals surface area contributed by atoms with Gasteiger partial charge in [0.1, 0.15) is 19.3 Å². The number of aliphatic hydroxyl groups is 1. The molecule has 0 aliphatic carbocycles. The molecule has 0 bridgehead atoms. The van der Waals surface area contributed by atoms with Crippen molar-refractivity contribution < 1.29 is 57.3 Å². The van der Waals surface area contributed by atoms with Gasteiger partial charge in [-0.1, -0.05) is 13.3 Å². The number of rotatable bonds is 14. The molecule has 0 aliphatic rings. The Bertz CT molecular complexity index is 666. The number of hydrogen-bond acceptors (Lipinski definition) is 6. The monoisotopic (exact) mass is 551 g/mol. The Labute approximate surface area is 203 Å². The number of quaternary nitrogens is 1. The maximum Gasteiger partial charge on any atom is 0.330 e. The van der Waals surface area contributed by atoms with Crippen LogP contribution in [0.5, 0.6) is 17.2 Å². The van der Waals surface area contributed by atoms with Crippen molar-refractivity contribution in [2.45, 2.75) is 39.7 Å². The average Bonchev–Trinajstić information content (AvgIpc) is 2.78. The van der Waals surface area contributed by atoms with Crippen LogP contribution >= 0.6 is 0 Å². The Morgan fingerprint density at radius 2 is 1.65 bits per heavy atom. The fourth-order valence-corrected chi connectivity index (χ4v) is 3.47. The summed E-state index contributed by atoms with van der Waals surface area (Å²) in [6, 6.07) is 3.48. The smallest absolute Gasteiger partial charge is 0.330 e. The third-order valence-corrected chi connectivity index (χ3v) is 5.44. The van der Waals surface area contributed by atoms with Crippen molar-refractivity contribution in [3.8, 4) is 17.2 Å². The van der Waals surface area contributed by atoms with Gasteiger partial charge in [-0.15, -0.1) is 0 Å². The van der Waals surface area contributed by atoms with Crippen LogP contribution in [0.2, 0.25) is 0 Å². The standard InChI is InChI=1S/C23H38NO6.HI/c1-7-10-13-24(8-2,9-3)16-19(25)17-30-22(26)12-11-18-14-20(27-4)23(29-6)21(15-18)28-5;/h11-12,14-15,19,25H,7-10,13,16-17H2,1-6H3;1H/q+1;/p-1/b12-11+;. The molecule has 0 spiro atoms. The van der Waals surface area contributed by atoms with Crippen molar-refractivity contribution in [3.05, 3.63) is 23.8 Å². The van der Waals surface area contributed by atoms with Crippen LogP contribution in [0.4, 0.5) is 0 Å². The van der Waals surface area contributed by atoms with Crippen molar-refractivity contribution in [1.29, 1.82) is 0 Å². The molecule has 1 N–H and O–H groups in total. The normalized spacial score (nSPS) is 12.2. The fraction of sp³-hybridized carbons (Fsp3) is 0.609. The van der Waals surface area contributed by atoms with E-state index in [-0.39, 0.29) is 30.6 Å². The van der Waals surface area contributed by atoms with Gasteiger partial charge in [-0.25, -0.2) is 4.79 Å². The molecule has 0 amide bonds. The van der Waals surface area contributed by atoms with Crippen LogP contribution in [-0.4, -0.2) is 75.8 Å². The molecule has 1 rings (SSSR count). The number of hydrogen-bond donors (Lipinski definition) is 1. The van der Waals surface area contributed by atoms with Crippen molar-refractivity contribution in [2.75, 3.05) is 54.1 Å². The Morgan fingerprint density at radius 3 is 2.10 bits per heavy atom. The molecule has 31 heavy (non-hydrogen) atoms. The van der Waals surface area contributed by atoms with E-state index in [0.29, 0.717) is 29.4 Å². The molecule has 1 aromatic rings. The first kappa shape index (κ1) is 29.5. The highest BCUT2D eigenvalue weighted by Crippen LogP contribution is 2.38. The summed E-state index contributed by atoms with van der Waals surface area (Å²) in [5.74, 6) is 0.975. The zero-order chi connectivity index (χ0) is 22.6. The molecule has 178 valence electrons. The number of nitrogens with zero attached hydrogens (tertiary/aromatic N) is 1. The number of methoxy groups -OCH3 is 3. The Morgan fingerprint density at radius 1 is 1.06 bits per heavy atom. The molecule has 1 aromatic carbocycles. The van der Waals surface area contributed by atoms with E-state index in [4.69, 9.17) is 18.9 Å². The fourth-order valence-electron chi connectivity index (χ4n) is 3.47. The molecule has 7 nitrogen and oxygen atoms in total. The van der Waals surface area contributed by atoms with E-state index in [1.165, 1.54) is 27.4 Å². The zero-order valence-corrected chi connectivity index (χ0v) is 21.8. The van der Waals surface area contributed by atoms with E-state index >= 15 is 0 Å². The zero-order valence-electron chi connectivity index (χ0n) is 19.7. The van der Waals surface area contributed by atoms with Gasteiger partial charge < -0.3 is 52.5 Å². The summed E-state index contributed by atoms with van der Waals surface area (Å²) >= 11 is 0. The first-order valence-electron chi connectivity index (χ1n) is 10.6. The summed E-state index contributed by atoms with van der Waals surface area (Å²) in [5.41, 5.74) is 0.703. The van der Waals surface area contributed by atoms with Gasteiger partial charge in [0.25, 0.3) is 0 Å². The molecule has 8 heteroatoms. The van der Waals surface area contributed by atoms with Gasteiger partial charge in [0.15, 0.2) is 11.5 Å². The second-order valence-electron chi connectivity index (χ2n) is 7.31. The summed E-state index contributed by atoms with van der Waals surface area (Å²) in [4.78, 5) is 12.1. The highest BCUT2D eigenvalue weighted by molar-refractivity contribution is 5.87. The van der Waals surface area contributed by atoms with Crippen LogP contribution in [0.3, 0.4) is 0 Å². The van der Waals surface area contributed by atoms with E-state index in [2.05, 4.69) is 20.8 Å². The lowest BCUT2D eigenvalue weighted by molar-refractivity contribution is -0.927. The Kier molecular flexibility index (Phi) is 14.6. The number of esters is 1. The van der Waals surface area contributed by atoms with E-state index in [1.807, 2.05) is 0 Å². The van der Waals surface area contributed by atoms with Crippen LogP contribution in [0.25, 0.3) is 6.08 Å². The molecule has 0 fully saturated rings. The number of ether oxygens (including phenoxy) is 4. The first-order valence-corrected chi connectivity index (χ1v) is 10.6. The van der Waals surface area contributed by atoms with E-state index < -0.39 is 12.1 Å². The summed E-state index contributed by atoms with van der Waals surface area (Å²) in [5, 5.41) is 10.4. The van der Waals surface area contributed by atoms with Crippen LogP contribution in [0.1, 0.15) is 39.2 Å². The predicted molar refractivity (Wildman–Crippen MR) is 118 cm³/mol. The van der Waals surface area contributed by atoms with E-state index in [1.54, 1.807) is 18.2 Å². The minimum Gasteiger partial charge on any atom is -1.00 e. The number of halogens is 1. The number of aliphatic hydroxyl groups excluding tert-OH is 1. The maximum atomic E-state index is 12.1. The van der Waals surface area contributed by atoms with Crippen molar-refractivity contribution in [2.24, 2.45) is 0 Å². The van der Waals surface area contributed by atoms with Crippen molar-refractivity contribution in [1.82, 2.24) is 0 Å². The van der Waals surface area contributed by atoms with Crippen molar-refractivity contribution >= 4 is 12.0 Å². The Hall–Kier alpha value is -1.52. The predicted octanol–water partition coefficient (Wildman–Crippen LogP) is 0.290. The van der Waals surface area contributed by atoms with Crippen molar-refractivity contribution in [3.63, 3.8) is 0 Å². The lowest BCUT2D eigenvalue weighted by Crippen LogP contribution is -3.00. The summed E-state index contributed by atoms with van der Waals surface area (Å²) in [7, 11) is 4.60. The lowest BCUT2D eigenvalue weighted by atomic mass is 10.1. The quantitative estimate of drug-likeness (QED) is 0.155. The highest BCUT2D eigenvalue weighted by Gasteiger charge is 2.27. The van der Waals surface area contributed by atoms with Crippen LogP contribution in [0.15, 0.2) is 18.2 Å². The van der Waals surface area contributed by atoms with Gasteiger partial charge in [0.05, 0.1) is 41.0 Å². The molecular formula is C23H38INO6. The number of carbonyl (C=O) groups is 1. The Balaban J connectivity index is 0.00000900. The lowest BCUT2D eigenvalue weighted by Gasteiger charge is -2.38. The number of carbonyl (C=O) groups excluding carboxylic acids is 1. The average molecular weight is 551 g/mol. The van der Waals surface area contributed by atoms with Crippen LogP contribution in [-0.2, 0) is 9.53 Å². The highest BCUT2D eigenvalue weighted by atomic mass is 127. The van der Waals surface area contributed by atoms with Gasteiger partial charge in [0.2, 0.25) is 5.75 Å². The minimum absolute atomic E-state index is 0. The van der Waals surface area contributed by atoms with E-state index in [9.17, 15) is 9.90 Å². The van der Waals surface area contributed by atoms with Crippen LogP contribution in [0, 0.1) is 0 Å². The molecule has 1 unspecified atom stereocenters. The molecule has 0 heterocycles. The molecule has 0 aromatic heterocycles. The van der Waals surface area contributed by atoms with Gasteiger partial charge in [-0.2, -0.15) is 0 Å². The number of unbranched alkanes of at least 4 members (excludes halogenated alkanes) is 1. The van der Waals surface area contributed by atoms with E-state index in [0.717, 1.165) is 37.0 Å². The topological polar surface area (TPSA) is 74.2 Å². The summed E-state index contributed by atoms with van der Waals surface area (Å²) in [6.45, 7) is 9.91. The number of likely N-dealkylation sites (N-methyl/N-ethyl adjacent to an activating group) is 1. The molecule has 0 radical (unpaired) electrons. The summed E-state index contributed by atoms with van der Waals surface area (Å²) in [6.07, 6.45) is 4.48. The van der Waals surface area contributed by atoms with Crippen LogP contribution < -0.4 is 38.2 Å². The second-order valence-corrected chi connectivity index (χ2v) is 7.31. The molecule has 0 aliphatic heterocycles. The largest absolute Gasteiger partial charge is 1.00 e. The number of benzene rings is 1. The minimum atomic E-state index is -0.694. The molecule has 0 saturated heterocycles. The van der Waals surface area contributed by atoms with Gasteiger partial charge in [0, 0.05) is 6.08 Å². The maximum absolute atomic E-state index is 12.1. The van der Waals surface area contributed by atoms with Gasteiger partial charge in [-0.3, -0.25) is 0 Å². The summed E-state index contributed by atoms with van der Waals surface area (Å²) < 4.78 is 22.0.